The van der Waals surface area contributed by atoms with Crippen LogP contribution in [-0.4, -0.2) is 35.2 Å². The van der Waals surface area contributed by atoms with Crippen molar-refractivity contribution in [1.29, 1.82) is 0 Å². The molecule has 132 valence electrons. The summed E-state index contributed by atoms with van der Waals surface area (Å²) in [5.41, 5.74) is 3.24. The van der Waals surface area contributed by atoms with Gasteiger partial charge in [-0.1, -0.05) is 18.2 Å². The van der Waals surface area contributed by atoms with Crippen LogP contribution >= 0.6 is 0 Å². The predicted molar refractivity (Wildman–Crippen MR) is 92.1 cm³/mol. The molecule has 0 saturated carbocycles. The SMILES string of the molecule is O=C1NCCn2c(-c3cccc(C4OCCO4)c3)nc3cc(F)cc1c32. The fourth-order valence-electron chi connectivity index (χ4n) is 3.60. The number of imidazole rings is 1. The minimum absolute atomic E-state index is 0.277. The van der Waals surface area contributed by atoms with Crippen molar-refractivity contribution >= 4 is 16.9 Å². The van der Waals surface area contributed by atoms with Gasteiger partial charge in [0.15, 0.2) is 6.29 Å². The molecule has 1 saturated heterocycles. The minimum atomic E-state index is -0.470. The van der Waals surface area contributed by atoms with Crippen LogP contribution in [0.15, 0.2) is 36.4 Å². The fourth-order valence-corrected chi connectivity index (χ4v) is 3.60. The van der Waals surface area contributed by atoms with Crippen LogP contribution < -0.4 is 5.32 Å². The van der Waals surface area contributed by atoms with Gasteiger partial charge in [-0.25, -0.2) is 9.37 Å². The summed E-state index contributed by atoms with van der Waals surface area (Å²) in [7, 11) is 0. The van der Waals surface area contributed by atoms with Crippen LogP contribution in [0, 0.1) is 5.82 Å². The van der Waals surface area contributed by atoms with Gasteiger partial charge in [-0.05, 0) is 12.1 Å². The standard InChI is InChI=1S/C19H16FN3O3/c20-13-9-14-16-15(10-13)22-17(23(16)5-4-21-18(14)24)11-2-1-3-12(8-11)19-25-6-7-26-19/h1-3,8-10,19H,4-7H2,(H,21,24). The van der Waals surface area contributed by atoms with Gasteiger partial charge in [0.25, 0.3) is 5.91 Å². The molecule has 6 nitrogen and oxygen atoms in total. The Hall–Kier alpha value is -2.77. The second-order valence-corrected chi connectivity index (χ2v) is 6.36. The minimum Gasteiger partial charge on any atom is -0.350 e. The maximum Gasteiger partial charge on any atom is 0.253 e. The maximum atomic E-state index is 14.0. The second-order valence-electron chi connectivity index (χ2n) is 6.36. The Labute approximate surface area is 148 Å². The number of benzene rings is 2. The van der Waals surface area contributed by atoms with E-state index in [9.17, 15) is 9.18 Å². The Morgan fingerprint density at radius 2 is 2.04 bits per heavy atom. The van der Waals surface area contributed by atoms with Gasteiger partial charge >= 0.3 is 0 Å². The van der Waals surface area contributed by atoms with Crippen molar-refractivity contribution < 1.29 is 18.7 Å². The van der Waals surface area contributed by atoms with Crippen LogP contribution in [0.1, 0.15) is 22.2 Å². The second kappa shape index (κ2) is 5.89. The molecule has 0 aliphatic carbocycles. The molecule has 2 aromatic carbocycles. The lowest BCUT2D eigenvalue weighted by molar-refractivity contribution is -0.0440. The third-order valence-electron chi connectivity index (χ3n) is 4.71. The lowest BCUT2D eigenvalue weighted by Gasteiger charge is -2.12. The zero-order valence-corrected chi connectivity index (χ0v) is 13.9. The number of aromatic nitrogens is 2. The molecule has 3 heterocycles. The molecule has 3 aromatic rings. The Morgan fingerprint density at radius 1 is 1.19 bits per heavy atom. The topological polar surface area (TPSA) is 65.4 Å². The third kappa shape index (κ3) is 2.40. The van der Waals surface area contributed by atoms with Crippen LogP contribution in [0.3, 0.4) is 0 Å². The molecule has 0 unspecified atom stereocenters. The fraction of sp³-hybridized carbons (Fsp3) is 0.263. The Balaban J connectivity index is 1.70. The quantitative estimate of drug-likeness (QED) is 0.769. The summed E-state index contributed by atoms with van der Waals surface area (Å²) in [6.45, 7) is 2.17. The molecule has 0 spiro atoms. The molecule has 26 heavy (non-hydrogen) atoms. The van der Waals surface area contributed by atoms with E-state index in [4.69, 9.17) is 9.47 Å². The highest BCUT2D eigenvalue weighted by Crippen LogP contribution is 2.31. The Kier molecular flexibility index (Phi) is 3.51. The van der Waals surface area contributed by atoms with Crippen LogP contribution in [0.25, 0.3) is 22.4 Å². The van der Waals surface area contributed by atoms with Crippen LogP contribution in [0.4, 0.5) is 4.39 Å². The number of hydrogen-bond donors (Lipinski definition) is 1. The molecular formula is C19H16FN3O3. The van der Waals surface area contributed by atoms with E-state index in [0.29, 0.717) is 48.7 Å². The summed E-state index contributed by atoms with van der Waals surface area (Å²) in [5.74, 6) is -0.0494. The van der Waals surface area contributed by atoms with Gasteiger partial charge in [-0.15, -0.1) is 0 Å². The van der Waals surface area contributed by atoms with Gasteiger partial charge in [-0.3, -0.25) is 4.79 Å². The number of halogens is 1. The Bertz CT molecular complexity index is 1020. The summed E-state index contributed by atoms with van der Waals surface area (Å²) < 4.78 is 27.1. The molecule has 0 bridgehead atoms. The van der Waals surface area contributed by atoms with E-state index in [2.05, 4.69) is 10.3 Å². The molecular weight excluding hydrogens is 337 g/mol. The number of nitrogens with one attached hydrogen (secondary N) is 1. The smallest absolute Gasteiger partial charge is 0.253 e. The largest absolute Gasteiger partial charge is 0.350 e. The summed E-state index contributed by atoms with van der Waals surface area (Å²) in [6.07, 6.45) is -0.375. The lowest BCUT2D eigenvalue weighted by Crippen LogP contribution is -2.24. The molecule has 0 atom stereocenters. The van der Waals surface area contributed by atoms with Crippen molar-refractivity contribution in [3.05, 3.63) is 53.3 Å². The molecule has 1 amide bonds. The first-order valence-corrected chi connectivity index (χ1v) is 8.52. The van der Waals surface area contributed by atoms with Crippen molar-refractivity contribution in [2.75, 3.05) is 19.8 Å². The van der Waals surface area contributed by atoms with E-state index >= 15 is 0 Å². The first-order valence-electron chi connectivity index (χ1n) is 8.52. The Morgan fingerprint density at radius 3 is 2.88 bits per heavy atom. The van der Waals surface area contributed by atoms with Gasteiger partial charge in [0, 0.05) is 30.3 Å². The molecule has 2 aliphatic heterocycles. The molecule has 1 N–H and O–H groups in total. The van der Waals surface area contributed by atoms with Crippen molar-refractivity contribution in [2.45, 2.75) is 12.8 Å². The lowest BCUT2D eigenvalue weighted by atomic mass is 10.1. The van der Waals surface area contributed by atoms with Crippen LogP contribution in [0.2, 0.25) is 0 Å². The highest BCUT2D eigenvalue weighted by Gasteiger charge is 2.24. The zero-order chi connectivity index (χ0) is 17.7. The van der Waals surface area contributed by atoms with E-state index in [-0.39, 0.29) is 12.2 Å². The normalized spacial score (nSPS) is 17.5. The summed E-state index contributed by atoms with van der Waals surface area (Å²) >= 11 is 0. The first kappa shape index (κ1) is 15.5. The van der Waals surface area contributed by atoms with E-state index in [1.165, 1.54) is 12.1 Å². The highest BCUT2D eigenvalue weighted by molar-refractivity contribution is 6.06. The van der Waals surface area contributed by atoms with Crippen LogP contribution in [-0.2, 0) is 16.0 Å². The van der Waals surface area contributed by atoms with Crippen molar-refractivity contribution in [3.63, 3.8) is 0 Å². The van der Waals surface area contributed by atoms with Gasteiger partial charge in [-0.2, -0.15) is 0 Å². The van der Waals surface area contributed by atoms with Crippen LogP contribution in [0.5, 0.6) is 0 Å². The first-order chi connectivity index (χ1) is 12.7. The van der Waals surface area contributed by atoms with Gasteiger partial charge in [0.1, 0.15) is 11.6 Å². The summed E-state index contributed by atoms with van der Waals surface area (Å²) in [6, 6.07) is 10.4. The van der Waals surface area contributed by atoms with E-state index < -0.39 is 5.82 Å². The number of rotatable bonds is 2. The average molecular weight is 353 g/mol. The zero-order valence-electron chi connectivity index (χ0n) is 13.9. The molecule has 2 aliphatic rings. The maximum absolute atomic E-state index is 14.0. The number of carbonyl (C=O) groups is 1. The number of ether oxygens (including phenoxy) is 2. The number of amides is 1. The molecule has 0 radical (unpaired) electrons. The molecule has 1 aromatic heterocycles. The van der Waals surface area contributed by atoms with Crippen molar-refractivity contribution in [1.82, 2.24) is 14.9 Å². The molecule has 1 fully saturated rings. The number of nitrogens with zero attached hydrogens (tertiary/aromatic N) is 2. The predicted octanol–water partition coefficient (Wildman–Crippen LogP) is 2.63. The van der Waals surface area contributed by atoms with Crippen molar-refractivity contribution in [2.24, 2.45) is 0 Å². The van der Waals surface area contributed by atoms with Gasteiger partial charge < -0.3 is 19.4 Å². The number of carbonyl (C=O) groups excluding carboxylic acids is 1. The molecule has 5 rings (SSSR count). The van der Waals surface area contributed by atoms with Crippen molar-refractivity contribution in [3.8, 4) is 11.4 Å². The van der Waals surface area contributed by atoms with E-state index in [0.717, 1.165) is 11.1 Å². The third-order valence-corrected chi connectivity index (χ3v) is 4.71. The summed E-state index contributed by atoms with van der Waals surface area (Å²) in [4.78, 5) is 16.9. The molecule has 7 heteroatoms. The monoisotopic (exact) mass is 353 g/mol. The van der Waals surface area contributed by atoms with Gasteiger partial charge in [0.05, 0.1) is 29.8 Å². The highest BCUT2D eigenvalue weighted by atomic mass is 19.1. The van der Waals surface area contributed by atoms with E-state index in [1.807, 2.05) is 28.8 Å². The number of hydrogen-bond acceptors (Lipinski definition) is 4. The summed E-state index contributed by atoms with van der Waals surface area (Å²) in [5, 5.41) is 2.81. The van der Waals surface area contributed by atoms with E-state index in [1.54, 1.807) is 0 Å². The van der Waals surface area contributed by atoms with Gasteiger partial charge in [0.2, 0.25) is 0 Å². The average Bonchev–Trinajstić information content (AvgIpc) is 3.26.